The number of aromatic nitrogens is 1. The largest absolute Gasteiger partial charge is 0.361 e. The van der Waals surface area contributed by atoms with Gasteiger partial charge in [0.25, 0.3) is 0 Å². The van der Waals surface area contributed by atoms with Crippen molar-refractivity contribution in [3.8, 4) is 0 Å². The van der Waals surface area contributed by atoms with Gasteiger partial charge in [0, 0.05) is 31.1 Å². The Kier molecular flexibility index (Phi) is 6.33. The number of hydrogen-bond donors (Lipinski definition) is 1. The Morgan fingerprint density at radius 3 is 2.62 bits per heavy atom. The van der Waals surface area contributed by atoms with Gasteiger partial charge in [-0.15, -0.1) is 0 Å². The molecule has 0 bridgehead atoms. The first-order chi connectivity index (χ1) is 12.5. The van der Waals surface area contributed by atoms with Crippen molar-refractivity contribution in [2.24, 2.45) is 5.92 Å². The maximum Gasteiger partial charge on any atom is 0.225 e. The number of carbonyl (C=O) groups excluding carboxylic acids is 2. The lowest BCUT2D eigenvalue weighted by molar-refractivity contribution is -0.136. The molecule has 0 aromatic carbocycles. The Bertz CT molecular complexity index is 615. The van der Waals surface area contributed by atoms with Crippen LogP contribution in [-0.4, -0.2) is 41.0 Å². The van der Waals surface area contributed by atoms with E-state index in [9.17, 15) is 9.59 Å². The van der Waals surface area contributed by atoms with E-state index < -0.39 is 0 Å². The fourth-order valence-corrected chi connectivity index (χ4v) is 4.23. The number of likely N-dealkylation sites (tertiary alicyclic amines) is 1. The molecule has 6 nitrogen and oxygen atoms in total. The second-order valence-corrected chi connectivity index (χ2v) is 7.83. The van der Waals surface area contributed by atoms with Crippen LogP contribution < -0.4 is 5.32 Å². The topological polar surface area (TPSA) is 75.4 Å². The highest BCUT2D eigenvalue weighted by Gasteiger charge is 2.29. The molecule has 1 aromatic heterocycles. The van der Waals surface area contributed by atoms with Crippen LogP contribution in [0.2, 0.25) is 0 Å². The third kappa shape index (κ3) is 4.65. The van der Waals surface area contributed by atoms with Crippen molar-refractivity contribution in [1.29, 1.82) is 0 Å². The van der Waals surface area contributed by atoms with Crippen LogP contribution in [-0.2, 0) is 16.0 Å². The average Bonchev–Trinajstić information content (AvgIpc) is 2.98. The maximum absolute atomic E-state index is 12.6. The van der Waals surface area contributed by atoms with Crippen LogP contribution >= 0.6 is 0 Å². The summed E-state index contributed by atoms with van der Waals surface area (Å²) in [5.74, 6) is 0.993. The first kappa shape index (κ1) is 18.9. The highest BCUT2D eigenvalue weighted by Crippen LogP contribution is 2.22. The number of carbonyl (C=O) groups is 2. The minimum absolute atomic E-state index is 0.0614. The summed E-state index contributed by atoms with van der Waals surface area (Å²) in [5, 5.41) is 7.16. The van der Waals surface area contributed by atoms with Crippen molar-refractivity contribution < 1.29 is 14.1 Å². The summed E-state index contributed by atoms with van der Waals surface area (Å²) < 4.78 is 5.17. The van der Waals surface area contributed by atoms with E-state index in [2.05, 4.69) is 10.5 Å². The molecule has 26 heavy (non-hydrogen) atoms. The smallest absolute Gasteiger partial charge is 0.225 e. The fourth-order valence-electron chi connectivity index (χ4n) is 4.23. The molecule has 1 atom stereocenters. The van der Waals surface area contributed by atoms with Crippen LogP contribution in [0.5, 0.6) is 0 Å². The molecule has 1 N–H and O–H groups in total. The second-order valence-electron chi connectivity index (χ2n) is 7.83. The van der Waals surface area contributed by atoms with E-state index in [1.807, 2.05) is 18.7 Å². The first-order valence-corrected chi connectivity index (χ1v) is 10.0. The minimum atomic E-state index is -0.0614. The predicted molar refractivity (Wildman–Crippen MR) is 98.6 cm³/mol. The van der Waals surface area contributed by atoms with Crippen molar-refractivity contribution in [1.82, 2.24) is 15.4 Å². The number of amides is 2. The van der Waals surface area contributed by atoms with E-state index in [4.69, 9.17) is 4.52 Å². The monoisotopic (exact) mass is 361 g/mol. The highest BCUT2D eigenvalue weighted by atomic mass is 16.5. The van der Waals surface area contributed by atoms with Crippen LogP contribution in [0.1, 0.15) is 68.4 Å². The normalized spacial score (nSPS) is 21.6. The molecule has 144 valence electrons. The SMILES string of the molecule is Cc1noc(C)c1CCC(=O)N1CCC[C@H](C(=O)NC2CCCCC2)C1. The first-order valence-electron chi connectivity index (χ1n) is 10.0. The van der Waals surface area contributed by atoms with Gasteiger partial charge in [-0.3, -0.25) is 9.59 Å². The molecule has 1 aliphatic heterocycles. The lowest BCUT2D eigenvalue weighted by Gasteiger charge is -2.33. The summed E-state index contributed by atoms with van der Waals surface area (Å²) >= 11 is 0. The van der Waals surface area contributed by atoms with Crippen LogP contribution in [0.25, 0.3) is 0 Å². The summed E-state index contributed by atoms with van der Waals surface area (Å²) in [7, 11) is 0. The molecule has 1 aromatic rings. The molecule has 0 spiro atoms. The number of nitrogens with one attached hydrogen (secondary N) is 1. The summed E-state index contributed by atoms with van der Waals surface area (Å²) in [6.45, 7) is 5.10. The van der Waals surface area contributed by atoms with E-state index in [1.165, 1.54) is 19.3 Å². The average molecular weight is 361 g/mol. The molecule has 2 aliphatic rings. The highest BCUT2D eigenvalue weighted by molar-refractivity contribution is 5.81. The molecule has 0 radical (unpaired) electrons. The number of nitrogens with zero attached hydrogens (tertiary/aromatic N) is 2. The zero-order valence-corrected chi connectivity index (χ0v) is 16.1. The molecule has 2 fully saturated rings. The third-order valence-electron chi connectivity index (χ3n) is 5.87. The molecular formula is C20H31N3O3. The van der Waals surface area contributed by atoms with Gasteiger partial charge in [0.15, 0.2) is 0 Å². The van der Waals surface area contributed by atoms with Gasteiger partial charge in [-0.25, -0.2) is 0 Å². The Morgan fingerprint density at radius 2 is 1.92 bits per heavy atom. The zero-order chi connectivity index (χ0) is 18.5. The summed E-state index contributed by atoms with van der Waals surface area (Å²) in [4.78, 5) is 27.1. The maximum atomic E-state index is 12.6. The summed E-state index contributed by atoms with van der Waals surface area (Å²) in [5.41, 5.74) is 1.89. The van der Waals surface area contributed by atoms with Crippen molar-refractivity contribution in [2.45, 2.75) is 77.7 Å². The number of aryl methyl sites for hydroxylation is 2. The molecule has 1 aliphatic carbocycles. The quantitative estimate of drug-likeness (QED) is 0.875. The van der Waals surface area contributed by atoms with Crippen molar-refractivity contribution >= 4 is 11.8 Å². The predicted octanol–water partition coefficient (Wildman–Crippen LogP) is 2.91. The summed E-state index contributed by atoms with van der Waals surface area (Å²) in [6, 6.07) is 0.335. The molecule has 3 rings (SSSR count). The molecule has 6 heteroatoms. The van der Waals surface area contributed by atoms with E-state index >= 15 is 0 Å². The zero-order valence-electron chi connectivity index (χ0n) is 16.1. The lowest BCUT2D eigenvalue weighted by atomic mass is 9.93. The summed E-state index contributed by atoms with van der Waals surface area (Å²) in [6.07, 6.45) is 8.77. The number of piperidine rings is 1. The number of hydrogen-bond acceptors (Lipinski definition) is 4. The van der Waals surface area contributed by atoms with Crippen LogP contribution in [0.15, 0.2) is 4.52 Å². The van der Waals surface area contributed by atoms with Gasteiger partial charge >= 0.3 is 0 Å². The Hall–Kier alpha value is -1.85. The van der Waals surface area contributed by atoms with Crippen molar-refractivity contribution in [3.05, 3.63) is 17.0 Å². The Morgan fingerprint density at radius 1 is 1.15 bits per heavy atom. The molecule has 2 amide bonds. The van der Waals surface area contributed by atoms with Crippen LogP contribution in [0.4, 0.5) is 0 Å². The van der Waals surface area contributed by atoms with E-state index in [0.717, 1.165) is 49.2 Å². The van der Waals surface area contributed by atoms with Crippen LogP contribution in [0, 0.1) is 19.8 Å². The third-order valence-corrected chi connectivity index (χ3v) is 5.87. The minimum Gasteiger partial charge on any atom is -0.361 e. The molecule has 1 saturated carbocycles. The van der Waals surface area contributed by atoms with Gasteiger partial charge in [-0.2, -0.15) is 0 Å². The van der Waals surface area contributed by atoms with Crippen molar-refractivity contribution in [3.63, 3.8) is 0 Å². The van der Waals surface area contributed by atoms with Crippen LogP contribution in [0.3, 0.4) is 0 Å². The molecule has 0 unspecified atom stereocenters. The lowest BCUT2D eigenvalue weighted by Crippen LogP contribution is -2.48. The van der Waals surface area contributed by atoms with Gasteiger partial charge in [-0.1, -0.05) is 24.4 Å². The van der Waals surface area contributed by atoms with Gasteiger partial charge in [0.2, 0.25) is 11.8 Å². The Balaban J connectivity index is 1.49. The molecule has 1 saturated heterocycles. The van der Waals surface area contributed by atoms with E-state index in [-0.39, 0.29) is 17.7 Å². The standard InChI is InChI=1S/C20H31N3O3/c1-14-18(15(2)26-22-14)10-11-19(24)23-12-6-7-16(13-23)20(25)21-17-8-4-3-5-9-17/h16-17H,3-13H2,1-2H3,(H,21,25)/t16-/m0/s1. The second kappa shape index (κ2) is 8.69. The fraction of sp³-hybridized carbons (Fsp3) is 0.750. The van der Waals surface area contributed by atoms with Crippen molar-refractivity contribution in [2.75, 3.05) is 13.1 Å². The number of rotatable bonds is 5. The van der Waals surface area contributed by atoms with E-state index in [1.54, 1.807) is 0 Å². The van der Waals surface area contributed by atoms with Gasteiger partial charge < -0.3 is 14.7 Å². The van der Waals surface area contributed by atoms with Gasteiger partial charge in [0.1, 0.15) is 5.76 Å². The van der Waals surface area contributed by atoms with Gasteiger partial charge in [0.05, 0.1) is 11.6 Å². The molecular weight excluding hydrogens is 330 g/mol. The van der Waals surface area contributed by atoms with Gasteiger partial charge in [-0.05, 0) is 46.0 Å². The Labute approximate surface area is 155 Å². The molecule has 2 heterocycles. The van der Waals surface area contributed by atoms with E-state index in [0.29, 0.717) is 25.4 Å².